The molecule has 0 spiro atoms. The maximum absolute atomic E-state index is 12.1. The fraction of sp³-hybridized carbons (Fsp3) is 0.385. The Balaban J connectivity index is 3.05. The van der Waals surface area contributed by atoms with E-state index in [-0.39, 0.29) is 22.2 Å². The van der Waals surface area contributed by atoms with Crippen molar-refractivity contribution in [3.05, 3.63) is 38.9 Å². The van der Waals surface area contributed by atoms with Crippen LogP contribution in [0, 0.1) is 16.0 Å². The number of amides is 1. The predicted octanol–water partition coefficient (Wildman–Crippen LogP) is 2.18. The summed E-state index contributed by atoms with van der Waals surface area (Å²) in [7, 11) is 1.21. The molecule has 0 radical (unpaired) electrons. The zero-order chi connectivity index (χ0) is 16.2. The zero-order valence-electron chi connectivity index (χ0n) is 11.8. The lowest BCUT2D eigenvalue weighted by Crippen LogP contribution is -2.45. The average Bonchev–Trinajstić information content (AvgIpc) is 2.43. The fourth-order valence-electron chi connectivity index (χ4n) is 1.64. The van der Waals surface area contributed by atoms with Crippen molar-refractivity contribution in [1.29, 1.82) is 0 Å². The SMILES string of the molecule is COC(=O)C(NC(=O)c1cc([N+](=O)[O-])ccc1Cl)C(C)C. The molecule has 1 unspecified atom stereocenters. The molecule has 0 bridgehead atoms. The molecule has 114 valence electrons. The minimum absolute atomic E-state index is 0.0606. The van der Waals surface area contributed by atoms with Gasteiger partial charge >= 0.3 is 5.97 Å². The van der Waals surface area contributed by atoms with Gasteiger partial charge in [0.2, 0.25) is 0 Å². The van der Waals surface area contributed by atoms with E-state index in [1.165, 1.54) is 19.2 Å². The smallest absolute Gasteiger partial charge is 0.328 e. The minimum Gasteiger partial charge on any atom is -0.467 e. The van der Waals surface area contributed by atoms with Gasteiger partial charge in [0.15, 0.2) is 0 Å². The normalized spacial score (nSPS) is 11.9. The Morgan fingerprint density at radius 3 is 2.48 bits per heavy atom. The van der Waals surface area contributed by atoms with Crippen LogP contribution in [0.2, 0.25) is 5.02 Å². The molecule has 1 atom stereocenters. The Morgan fingerprint density at radius 1 is 1.38 bits per heavy atom. The van der Waals surface area contributed by atoms with Gasteiger partial charge in [-0.1, -0.05) is 25.4 Å². The van der Waals surface area contributed by atoms with Crippen LogP contribution in [0.1, 0.15) is 24.2 Å². The molecule has 0 aliphatic carbocycles. The summed E-state index contributed by atoms with van der Waals surface area (Å²) in [4.78, 5) is 33.8. The van der Waals surface area contributed by atoms with Crippen LogP contribution >= 0.6 is 11.6 Å². The molecular weight excluding hydrogens is 300 g/mol. The highest BCUT2D eigenvalue weighted by molar-refractivity contribution is 6.34. The third-order valence-corrected chi connectivity index (χ3v) is 3.14. The van der Waals surface area contributed by atoms with Crippen molar-refractivity contribution in [2.45, 2.75) is 19.9 Å². The first-order valence-corrected chi connectivity index (χ1v) is 6.48. The summed E-state index contributed by atoms with van der Waals surface area (Å²) in [6.45, 7) is 3.47. The molecule has 0 fully saturated rings. The number of halogens is 1. The lowest BCUT2D eigenvalue weighted by Gasteiger charge is -2.20. The number of carbonyl (C=O) groups is 2. The van der Waals surface area contributed by atoms with E-state index in [1.54, 1.807) is 13.8 Å². The van der Waals surface area contributed by atoms with Crippen LogP contribution in [0.3, 0.4) is 0 Å². The second kappa shape index (κ2) is 7.03. The number of hydrogen-bond acceptors (Lipinski definition) is 5. The first-order valence-electron chi connectivity index (χ1n) is 6.10. The van der Waals surface area contributed by atoms with Crippen LogP contribution in [0.4, 0.5) is 5.69 Å². The van der Waals surface area contributed by atoms with Crippen LogP contribution in [0.15, 0.2) is 18.2 Å². The summed E-state index contributed by atoms with van der Waals surface area (Å²) < 4.78 is 4.61. The van der Waals surface area contributed by atoms with Gasteiger partial charge in [0, 0.05) is 12.1 Å². The van der Waals surface area contributed by atoms with E-state index >= 15 is 0 Å². The van der Waals surface area contributed by atoms with Crippen molar-refractivity contribution >= 4 is 29.2 Å². The molecule has 1 N–H and O–H groups in total. The van der Waals surface area contributed by atoms with E-state index in [2.05, 4.69) is 10.1 Å². The van der Waals surface area contributed by atoms with Crippen molar-refractivity contribution in [2.24, 2.45) is 5.92 Å². The molecule has 7 nitrogen and oxygen atoms in total. The van der Waals surface area contributed by atoms with Gasteiger partial charge in [-0.15, -0.1) is 0 Å². The Hall–Kier alpha value is -2.15. The van der Waals surface area contributed by atoms with Crippen molar-refractivity contribution in [3.8, 4) is 0 Å². The molecule has 1 aromatic carbocycles. The van der Waals surface area contributed by atoms with Crippen molar-refractivity contribution < 1.29 is 19.2 Å². The molecule has 0 aromatic heterocycles. The predicted molar refractivity (Wildman–Crippen MR) is 76.2 cm³/mol. The summed E-state index contributed by atoms with van der Waals surface area (Å²) in [5.74, 6) is -1.48. The van der Waals surface area contributed by atoms with E-state index in [1.807, 2.05) is 0 Å². The Labute approximate surface area is 126 Å². The van der Waals surface area contributed by atoms with Crippen molar-refractivity contribution in [3.63, 3.8) is 0 Å². The monoisotopic (exact) mass is 314 g/mol. The van der Waals surface area contributed by atoms with E-state index in [4.69, 9.17) is 11.6 Å². The number of ether oxygens (including phenoxy) is 1. The van der Waals surface area contributed by atoms with Gasteiger partial charge in [-0.2, -0.15) is 0 Å². The maximum Gasteiger partial charge on any atom is 0.328 e. The molecule has 1 aromatic rings. The summed E-state index contributed by atoms with van der Waals surface area (Å²) in [6.07, 6.45) is 0. The lowest BCUT2D eigenvalue weighted by molar-refractivity contribution is -0.384. The Kier molecular flexibility index (Phi) is 5.66. The second-order valence-electron chi connectivity index (χ2n) is 4.64. The quantitative estimate of drug-likeness (QED) is 0.510. The van der Waals surface area contributed by atoms with E-state index in [0.717, 1.165) is 6.07 Å². The third-order valence-electron chi connectivity index (χ3n) is 2.81. The van der Waals surface area contributed by atoms with Crippen LogP contribution < -0.4 is 5.32 Å². The highest BCUT2D eigenvalue weighted by atomic mass is 35.5. The Morgan fingerprint density at radius 2 is 2.00 bits per heavy atom. The average molecular weight is 315 g/mol. The molecule has 21 heavy (non-hydrogen) atoms. The standard InChI is InChI=1S/C13H15ClN2O5/c1-7(2)11(13(18)21-3)15-12(17)9-6-8(16(19)20)4-5-10(9)14/h4-7,11H,1-3H3,(H,15,17). The highest BCUT2D eigenvalue weighted by Crippen LogP contribution is 2.22. The van der Waals surface area contributed by atoms with Crippen LogP contribution in [-0.4, -0.2) is 30.0 Å². The summed E-state index contributed by atoms with van der Waals surface area (Å²) in [5.41, 5.74) is -0.330. The number of esters is 1. The highest BCUT2D eigenvalue weighted by Gasteiger charge is 2.26. The molecule has 0 aliphatic heterocycles. The number of rotatable bonds is 5. The number of nitrogens with one attached hydrogen (secondary N) is 1. The van der Waals surface area contributed by atoms with Gasteiger partial charge in [-0.3, -0.25) is 14.9 Å². The topological polar surface area (TPSA) is 98.5 Å². The van der Waals surface area contributed by atoms with Crippen LogP contribution in [0.5, 0.6) is 0 Å². The first-order chi connectivity index (χ1) is 9.77. The van der Waals surface area contributed by atoms with Crippen LogP contribution in [-0.2, 0) is 9.53 Å². The number of methoxy groups -OCH3 is 1. The molecule has 0 saturated heterocycles. The van der Waals surface area contributed by atoms with Gasteiger partial charge < -0.3 is 10.1 Å². The number of nitro groups is 1. The van der Waals surface area contributed by atoms with Crippen molar-refractivity contribution in [2.75, 3.05) is 7.11 Å². The molecule has 0 heterocycles. The minimum atomic E-state index is -0.863. The third kappa shape index (κ3) is 4.16. The number of non-ortho nitro benzene ring substituents is 1. The summed E-state index contributed by atoms with van der Waals surface area (Å²) in [6, 6.07) is 2.65. The van der Waals surface area contributed by atoms with Gasteiger partial charge in [0.05, 0.1) is 22.6 Å². The van der Waals surface area contributed by atoms with Gasteiger partial charge in [-0.25, -0.2) is 4.79 Å². The fourth-order valence-corrected chi connectivity index (χ4v) is 1.85. The molecule has 0 saturated carbocycles. The number of nitro benzene ring substituents is 1. The number of carbonyl (C=O) groups excluding carboxylic acids is 2. The molecule has 1 rings (SSSR count). The summed E-state index contributed by atoms with van der Waals surface area (Å²) >= 11 is 5.87. The summed E-state index contributed by atoms with van der Waals surface area (Å²) in [5, 5.41) is 13.3. The second-order valence-corrected chi connectivity index (χ2v) is 5.05. The number of benzene rings is 1. The van der Waals surface area contributed by atoms with Gasteiger partial charge in [0.25, 0.3) is 11.6 Å². The maximum atomic E-state index is 12.1. The lowest BCUT2D eigenvalue weighted by atomic mass is 10.0. The number of nitrogens with zero attached hydrogens (tertiary/aromatic N) is 1. The molecular formula is C13H15ClN2O5. The first kappa shape index (κ1) is 16.9. The van der Waals surface area contributed by atoms with E-state index in [0.29, 0.717) is 0 Å². The van der Waals surface area contributed by atoms with Gasteiger partial charge in [0.1, 0.15) is 6.04 Å². The largest absolute Gasteiger partial charge is 0.467 e. The zero-order valence-corrected chi connectivity index (χ0v) is 12.5. The van der Waals surface area contributed by atoms with E-state index in [9.17, 15) is 19.7 Å². The van der Waals surface area contributed by atoms with Crippen molar-refractivity contribution in [1.82, 2.24) is 5.32 Å². The van der Waals surface area contributed by atoms with E-state index < -0.39 is 22.8 Å². The Bertz CT molecular complexity index is 574. The molecule has 0 aliphatic rings. The number of hydrogen-bond donors (Lipinski definition) is 1. The molecule has 8 heteroatoms. The van der Waals surface area contributed by atoms with Gasteiger partial charge in [-0.05, 0) is 12.0 Å². The van der Waals surface area contributed by atoms with Crippen LogP contribution in [0.25, 0.3) is 0 Å². The molecule has 1 amide bonds.